The maximum atomic E-state index is 10.3. The van der Waals surface area contributed by atoms with Crippen molar-refractivity contribution in [1.82, 2.24) is 0 Å². The van der Waals surface area contributed by atoms with E-state index in [2.05, 4.69) is 6.92 Å². The summed E-state index contributed by atoms with van der Waals surface area (Å²) in [5, 5.41) is 10.1. The van der Waals surface area contributed by atoms with Crippen LogP contribution in [-0.4, -0.2) is 13.2 Å². The zero-order chi connectivity index (χ0) is 7.28. The minimum absolute atomic E-state index is 0.0903. The summed E-state index contributed by atoms with van der Waals surface area (Å²) in [6.07, 6.45) is 2.11. The average molecular weight is 133 g/mol. The standard InChI is InChI=1S/C6H15NO2/c1-4-5-6(2)9-7(3)8/h6-7H,4-5H2,1-3H3. The van der Waals surface area contributed by atoms with Gasteiger partial charge in [-0.3, -0.25) is 0 Å². The second kappa shape index (κ2) is 4.73. The van der Waals surface area contributed by atoms with Gasteiger partial charge in [0.25, 0.3) is 0 Å². The molecule has 3 nitrogen and oxygen atoms in total. The van der Waals surface area contributed by atoms with Crippen LogP contribution in [0.15, 0.2) is 0 Å². The van der Waals surface area contributed by atoms with Crippen LogP contribution in [0.3, 0.4) is 0 Å². The highest BCUT2D eigenvalue weighted by Gasteiger charge is 2.01. The predicted octanol–water partition coefficient (Wildman–Crippen LogP) is 0.119. The molecule has 0 fully saturated rings. The van der Waals surface area contributed by atoms with Gasteiger partial charge in [-0.15, -0.1) is 0 Å². The smallest absolute Gasteiger partial charge is 0.114 e. The van der Waals surface area contributed by atoms with Crippen molar-refractivity contribution in [2.24, 2.45) is 0 Å². The average Bonchev–Trinajstić information content (AvgIpc) is 1.63. The molecule has 0 saturated carbocycles. The van der Waals surface area contributed by atoms with Crippen LogP contribution in [-0.2, 0) is 4.84 Å². The molecule has 0 aromatic heterocycles. The van der Waals surface area contributed by atoms with Crippen molar-refractivity contribution in [3.8, 4) is 0 Å². The molecule has 3 heteroatoms. The van der Waals surface area contributed by atoms with Gasteiger partial charge in [0.2, 0.25) is 0 Å². The summed E-state index contributed by atoms with van der Waals surface area (Å²) >= 11 is 0. The zero-order valence-electron chi connectivity index (χ0n) is 6.31. The number of hydrogen-bond donors (Lipinski definition) is 1. The summed E-state index contributed by atoms with van der Waals surface area (Å²) in [7, 11) is 1.44. The number of quaternary nitrogens is 1. The van der Waals surface area contributed by atoms with Crippen LogP contribution >= 0.6 is 0 Å². The van der Waals surface area contributed by atoms with Crippen molar-refractivity contribution < 1.29 is 10.1 Å². The molecule has 9 heavy (non-hydrogen) atoms. The van der Waals surface area contributed by atoms with Crippen molar-refractivity contribution in [3.63, 3.8) is 0 Å². The zero-order valence-corrected chi connectivity index (χ0v) is 6.31. The van der Waals surface area contributed by atoms with Crippen LogP contribution in [0.1, 0.15) is 26.7 Å². The van der Waals surface area contributed by atoms with Crippen molar-refractivity contribution in [1.29, 1.82) is 0 Å². The second-order valence-corrected chi connectivity index (χ2v) is 2.21. The summed E-state index contributed by atoms with van der Waals surface area (Å²) in [5.41, 5.74) is 0. The highest BCUT2D eigenvalue weighted by Crippen LogP contribution is 1.95. The molecule has 1 N–H and O–H groups in total. The van der Waals surface area contributed by atoms with Crippen molar-refractivity contribution >= 4 is 0 Å². The Morgan fingerprint density at radius 2 is 2.22 bits per heavy atom. The second-order valence-electron chi connectivity index (χ2n) is 2.21. The van der Waals surface area contributed by atoms with Crippen molar-refractivity contribution in [2.75, 3.05) is 7.05 Å². The molecule has 2 atom stereocenters. The first-order valence-electron chi connectivity index (χ1n) is 3.34. The van der Waals surface area contributed by atoms with Gasteiger partial charge in [-0.25, -0.2) is 10.1 Å². The van der Waals surface area contributed by atoms with E-state index < -0.39 is 0 Å². The highest BCUT2D eigenvalue weighted by atomic mass is 16.9. The lowest BCUT2D eigenvalue weighted by molar-refractivity contribution is -1.04. The Bertz CT molecular complexity index is 66.1. The monoisotopic (exact) mass is 133 g/mol. The molecule has 0 heterocycles. The van der Waals surface area contributed by atoms with Gasteiger partial charge in [-0.1, -0.05) is 13.3 Å². The van der Waals surface area contributed by atoms with Crippen LogP contribution in [0, 0.1) is 5.21 Å². The van der Waals surface area contributed by atoms with Gasteiger partial charge in [0.1, 0.15) is 6.10 Å². The third-order valence-corrected chi connectivity index (χ3v) is 1.06. The Balaban J connectivity index is 3.15. The molecule has 0 aliphatic carbocycles. The number of hydroxylamine groups is 2. The fourth-order valence-corrected chi connectivity index (χ4v) is 0.749. The van der Waals surface area contributed by atoms with Crippen molar-refractivity contribution in [2.45, 2.75) is 32.8 Å². The van der Waals surface area contributed by atoms with E-state index in [0.29, 0.717) is 0 Å². The molecule has 56 valence electrons. The fraction of sp³-hybridized carbons (Fsp3) is 1.00. The number of nitrogens with one attached hydrogen (secondary N) is 1. The number of rotatable bonds is 4. The molecule has 0 saturated heterocycles. The summed E-state index contributed by atoms with van der Waals surface area (Å²) in [6.45, 7) is 3.98. The minimum atomic E-state index is -0.184. The van der Waals surface area contributed by atoms with Crippen LogP contribution in [0.5, 0.6) is 0 Å². The van der Waals surface area contributed by atoms with E-state index in [1.165, 1.54) is 7.05 Å². The Labute approximate surface area is 56.1 Å². The Hall–Kier alpha value is -0.120. The Kier molecular flexibility index (Phi) is 4.67. The highest BCUT2D eigenvalue weighted by molar-refractivity contribution is 4.42. The third kappa shape index (κ3) is 5.76. The maximum Gasteiger partial charge on any atom is 0.114 e. The Morgan fingerprint density at radius 1 is 1.67 bits per heavy atom. The van der Waals surface area contributed by atoms with E-state index in [1.807, 2.05) is 6.92 Å². The first-order valence-corrected chi connectivity index (χ1v) is 3.34. The molecule has 0 aromatic carbocycles. The van der Waals surface area contributed by atoms with Gasteiger partial charge in [0.15, 0.2) is 0 Å². The SMILES string of the molecule is CCCC(C)O[NH+](C)[O-]. The molecule has 0 aliphatic heterocycles. The van der Waals surface area contributed by atoms with Gasteiger partial charge in [-0.2, -0.15) is 0 Å². The summed E-state index contributed by atoms with van der Waals surface area (Å²) in [4.78, 5) is 4.85. The first-order chi connectivity index (χ1) is 4.16. The van der Waals surface area contributed by atoms with Crippen LogP contribution in [0.25, 0.3) is 0 Å². The lowest BCUT2D eigenvalue weighted by atomic mass is 10.2. The van der Waals surface area contributed by atoms with E-state index in [0.717, 1.165) is 12.8 Å². The van der Waals surface area contributed by atoms with Crippen LogP contribution < -0.4 is 5.23 Å². The van der Waals surface area contributed by atoms with Crippen LogP contribution in [0.4, 0.5) is 0 Å². The molecule has 0 amide bonds. The molecule has 0 aliphatic rings. The van der Waals surface area contributed by atoms with Crippen LogP contribution in [0.2, 0.25) is 0 Å². The number of hydrogen-bond acceptors (Lipinski definition) is 2. The van der Waals surface area contributed by atoms with Gasteiger partial charge >= 0.3 is 0 Å². The van der Waals surface area contributed by atoms with Gasteiger partial charge in [0.05, 0.1) is 7.05 Å². The molecule has 0 spiro atoms. The molecular formula is C6H15NO2. The van der Waals surface area contributed by atoms with E-state index in [9.17, 15) is 5.21 Å². The largest absolute Gasteiger partial charge is 0.600 e. The molecule has 0 aromatic rings. The Morgan fingerprint density at radius 3 is 2.56 bits per heavy atom. The first kappa shape index (κ1) is 8.88. The quantitative estimate of drug-likeness (QED) is 0.553. The van der Waals surface area contributed by atoms with Gasteiger partial charge in [0, 0.05) is 0 Å². The molecule has 0 radical (unpaired) electrons. The topological polar surface area (TPSA) is 36.7 Å². The summed E-state index contributed by atoms with van der Waals surface area (Å²) < 4.78 is 0. The van der Waals surface area contributed by atoms with Gasteiger partial charge in [-0.05, 0) is 13.3 Å². The lowest BCUT2D eigenvalue weighted by Gasteiger charge is -2.18. The molecular weight excluding hydrogens is 118 g/mol. The summed E-state index contributed by atoms with van der Waals surface area (Å²) in [6, 6.07) is 0. The third-order valence-electron chi connectivity index (χ3n) is 1.06. The summed E-state index contributed by atoms with van der Waals surface area (Å²) in [5.74, 6) is 0. The molecule has 0 bridgehead atoms. The molecule has 0 rings (SSSR count). The molecule has 2 unspecified atom stereocenters. The maximum absolute atomic E-state index is 10.3. The van der Waals surface area contributed by atoms with E-state index in [4.69, 9.17) is 4.84 Å². The fourth-order valence-electron chi connectivity index (χ4n) is 0.749. The van der Waals surface area contributed by atoms with E-state index in [1.54, 1.807) is 0 Å². The van der Waals surface area contributed by atoms with E-state index in [-0.39, 0.29) is 11.3 Å². The van der Waals surface area contributed by atoms with E-state index >= 15 is 0 Å². The van der Waals surface area contributed by atoms with Crippen molar-refractivity contribution in [3.05, 3.63) is 5.21 Å². The lowest BCUT2D eigenvalue weighted by Crippen LogP contribution is -3.03. The minimum Gasteiger partial charge on any atom is -0.600 e. The van der Waals surface area contributed by atoms with Gasteiger partial charge < -0.3 is 5.21 Å². The normalized spacial score (nSPS) is 17.3. The predicted molar refractivity (Wildman–Crippen MR) is 35.7 cm³/mol.